The fourth-order valence-corrected chi connectivity index (χ4v) is 5.85. The van der Waals surface area contributed by atoms with E-state index in [2.05, 4.69) is 15.9 Å². The summed E-state index contributed by atoms with van der Waals surface area (Å²) in [7, 11) is -8.20. The summed E-state index contributed by atoms with van der Waals surface area (Å²) in [6.45, 7) is 0.896. The van der Waals surface area contributed by atoms with Gasteiger partial charge >= 0.3 is 0 Å². The fraction of sp³-hybridized carbons (Fsp3) is 0.625. The molecule has 0 bridgehead atoms. The molecule has 1 aromatic rings. The Hall–Kier alpha value is -1.32. The second-order valence-corrected chi connectivity index (χ2v) is 11.2. The quantitative estimate of drug-likeness (QED) is 0.196. The lowest BCUT2D eigenvalue weighted by molar-refractivity contribution is -0.385. The average molecular weight is 529 g/mol. The molecule has 2 rings (SSSR count). The summed E-state index contributed by atoms with van der Waals surface area (Å²) in [5, 5.41) is 11.7. The highest BCUT2D eigenvalue weighted by atomic mass is 79.9. The van der Waals surface area contributed by atoms with Gasteiger partial charge in [0.25, 0.3) is 15.8 Å². The summed E-state index contributed by atoms with van der Waals surface area (Å²) in [6, 6.07) is 3.51. The minimum Gasteiger partial charge on any atom is -0.370 e. The number of halogens is 1. The summed E-state index contributed by atoms with van der Waals surface area (Å²) in [5.41, 5.74) is 5.74. The van der Waals surface area contributed by atoms with E-state index in [4.69, 9.17) is 10.3 Å². The zero-order valence-corrected chi connectivity index (χ0v) is 19.4. The minimum absolute atomic E-state index is 0.0564. The first-order chi connectivity index (χ1) is 14.0. The van der Waals surface area contributed by atoms with Crippen LogP contribution in [-0.2, 0) is 20.1 Å². The van der Waals surface area contributed by atoms with Crippen LogP contribution >= 0.6 is 15.9 Å². The number of rotatable bonds is 10. The number of benzene rings is 1. The molecule has 1 aromatic carbocycles. The van der Waals surface area contributed by atoms with E-state index < -0.39 is 30.8 Å². The number of non-ortho nitro benzene ring substituents is 1. The lowest BCUT2D eigenvalue weighted by Gasteiger charge is -2.32. The van der Waals surface area contributed by atoms with Crippen molar-refractivity contribution < 1.29 is 26.3 Å². The molecule has 30 heavy (non-hydrogen) atoms. The lowest BCUT2D eigenvalue weighted by Crippen LogP contribution is -2.43. The lowest BCUT2D eigenvalue weighted by atomic mass is 10.1. The second kappa shape index (κ2) is 10.3. The summed E-state index contributed by atoms with van der Waals surface area (Å²) in [4.78, 5) is 12.0. The van der Waals surface area contributed by atoms with Gasteiger partial charge in [-0.3, -0.25) is 14.7 Å². The number of nitrogens with two attached hydrogens (primary N) is 1. The van der Waals surface area contributed by atoms with Crippen LogP contribution in [0.25, 0.3) is 0 Å². The maximum atomic E-state index is 13.3. The van der Waals surface area contributed by atoms with E-state index in [0.29, 0.717) is 24.7 Å². The van der Waals surface area contributed by atoms with Gasteiger partial charge in [-0.15, -0.1) is 0 Å². The minimum atomic E-state index is -4.16. The normalized spacial score (nSPS) is 16.5. The van der Waals surface area contributed by atoms with E-state index in [1.54, 1.807) is 4.90 Å². The molecular weight excluding hydrogens is 504 g/mol. The van der Waals surface area contributed by atoms with Crippen LogP contribution < -0.4 is 10.6 Å². The first kappa shape index (κ1) is 24.9. The standard InChI is InChI=1S/C16H25BrN4O7S2/c17-6-10-19(7-1-11-29(24,25)26)15-3-2-14(21(22)23)12-16(15)30(27,28)20-8-4-13(18)5-9-20/h2-3,12-13H,1,4-11,18H2,(H,24,25,26). The van der Waals surface area contributed by atoms with E-state index >= 15 is 0 Å². The Kier molecular flexibility index (Phi) is 8.59. The molecule has 0 spiro atoms. The maximum Gasteiger partial charge on any atom is 0.270 e. The molecule has 11 nitrogen and oxygen atoms in total. The van der Waals surface area contributed by atoms with Crippen LogP contribution in [-0.4, -0.2) is 73.9 Å². The molecule has 0 saturated carbocycles. The van der Waals surface area contributed by atoms with Crippen LogP contribution in [0.4, 0.5) is 11.4 Å². The maximum absolute atomic E-state index is 13.3. The SMILES string of the molecule is NC1CCN(S(=O)(=O)c2cc([N+](=O)[O-])ccc2N(CCBr)CCCS(=O)(=O)O)CC1. The van der Waals surface area contributed by atoms with Gasteiger partial charge in [0, 0.05) is 49.7 Å². The number of nitrogens with zero attached hydrogens (tertiary/aromatic N) is 3. The zero-order chi connectivity index (χ0) is 22.5. The van der Waals surface area contributed by atoms with Crippen molar-refractivity contribution in [3.8, 4) is 0 Å². The molecule has 1 aliphatic heterocycles. The molecule has 170 valence electrons. The summed E-state index contributed by atoms with van der Waals surface area (Å²) < 4.78 is 58.9. The van der Waals surface area contributed by atoms with Gasteiger partial charge in [-0.05, 0) is 25.3 Å². The summed E-state index contributed by atoms with van der Waals surface area (Å²) in [6.07, 6.45) is 1.03. The van der Waals surface area contributed by atoms with E-state index in [9.17, 15) is 26.9 Å². The van der Waals surface area contributed by atoms with Gasteiger partial charge in [0.15, 0.2) is 0 Å². The molecule has 0 atom stereocenters. The number of anilines is 1. The highest BCUT2D eigenvalue weighted by molar-refractivity contribution is 9.09. The van der Waals surface area contributed by atoms with Crippen LogP contribution in [0, 0.1) is 10.1 Å². The van der Waals surface area contributed by atoms with Crippen LogP contribution in [0.3, 0.4) is 0 Å². The number of piperidine rings is 1. The Labute approximate surface area is 184 Å². The van der Waals surface area contributed by atoms with E-state index in [-0.39, 0.29) is 48.4 Å². The van der Waals surface area contributed by atoms with Crippen molar-refractivity contribution >= 4 is 47.4 Å². The third-order valence-corrected chi connectivity index (χ3v) is 7.88. The van der Waals surface area contributed by atoms with Crippen molar-refractivity contribution in [3.63, 3.8) is 0 Å². The van der Waals surface area contributed by atoms with E-state index in [0.717, 1.165) is 6.07 Å². The predicted molar refractivity (Wildman–Crippen MR) is 116 cm³/mol. The Bertz CT molecular complexity index is 964. The molecule has 0 amide bonds. The largest absolute Gasteiger partial charge is 0.370 e. The van der Waals surface area contributed by atoms with Gasteiger partial charge in [-0.1, -0.05) is 15.9 Å². The number of nitro groups is 1. The smallest absolute Gasteiger partial charge is 0.270 e. The van der Waals surface area contributed by atoms with Crippen molar-refractivity contribution in [2.75, 3.05) is 42.2 Å². The van der Waals surface area contributed by atoms with Crippen molar-refractivity contribution in [3.05, 3.63) is 28.3 Å². The number of hydrogen-bond acceptors (Lipinski definition) is 8. The monoisotopic (exact) mass is 528 g/mol. The molecule has 0 unspecified atom stereocenters. The van der Waals surface area contributed by atoms with Crippen molar-refractivity contribution in [2.24, 2.45) is 5.73 Å². The van der Waals surface area contributed by atoms with Crippen molar-refractivity contribution in [1.29, 1.82) is 0 Å². The van der Waals surface area contributed by atoms with Gasteiger partial charge < -0.3 is 10.6 Å². The first-order valence-corrected chi connectivity index (χ1v) is 13.4. The number of nitro benzene ring substituents is 1. The van der Waals surface area contributed by atoms with Crippen LogP contribution in [0.15, 0.2) is 23.1 Å². The van der Waals surface area contributed by atoms with Gasteiger partial charge in [-0.25, -0.2) is 8.42 Å². The van der Waals surface area contributed by atoms with Crippen molar-refractivity contribution in [1.82, 2.24) is 4.31 Å². The Morgan fingerprint density at radius 1 is 1.23 bits per heavy atom. The molecule has 0 aromatic heterocycles. The van der Waals surface area contributed by atoms with E-state index in [1.807, 2.05) is 0 Å². The molecule has 3 N–H and O–H groups in total. The molecule has 1 fully saturated rings. The Morgan fingerprint density at radius 3 is 2.40 bits per heavy atom. The number of alkyl halides is 1. The Balaban J connectivity index is 2.45. The van der Waals surface area contributed by atoms with Crippen LogP contribution in [0.1, 0.15) is 19.3 Å². The predicted octanol–water partition coefficient (Wildman–Crippen LogP) is 1.19. The Morgan fingerprint density at radius 2 is 1.87 bits per heavy atom. The molecule has 1 heterocycles. The summed E-state index contributed by atoms with van der Waals surface area (Å²) in [5.74, 6) is -0.481. The highest BCUT2D eigenvalue weighted by Gasteiger charge is 2.32. The summed E-state index contributed by atoms with van der Waals surface area (Å²) >= 11 is 3.28. The van der Waals surface area contributed by atoms with Gasteiger partial charge in [-0.2, -0.15) is 12.7 Å². The molecular formula is C16H25BrN4O7S2. The van der Waals surface area contributed by atoms with Crippen LogP contribution in [0.5, 0.6) is 0 Å². The highest BCUT2D eigenvalue weighted by Crippen LogP contribution is 2.33. The van der Waals surface area contributed by atoms with Crippen molar-refractivity contribution in [2.45, 2.75) is 30.2 Å². The third kappa shape index (κ3) is 6.59. The fourth-order valence-electron chi connectivity index (χ4n) is 3.23. The van der Waals surface area contributed by atoms with Gasteiger partial charge in [0.05, 0.1) is 16.4 Å². The van der Waals surface area contributed by atoms with Crippen LogP contribution in [0.2, 0.25) is 0 Å². The van der Waals surface area contributed by atoms with E-state index in [1.165, 1.54) is 16.4 Å². The van der Waals surface area contributed by atoms with Gasteiger partial charge in [0.1, 0.15) is 4.90 Å². The van der Waals surface area contributed by atoms with Gasteiger partial charge in [0.2, 0.25) is 10.0 Å². The molecule has 1 saturated heterocycles. The first-order valence-electron chi connectivity index (χ1n) is 9.26. The average Bonchev–Trinajstić information content (AvgIpc) is 2.66. The molecule has 14 heteroatoms. The second-order valence-electron chi connectivity index (χ2n) is 6.97. The molecule has 1 aliphatic rings. The third-order valence-electron chi connectivity index (χ3n) is 4.80. The topological polar surface area (TPSA) is 164 Å². The number of hydrogen-bond donors (Lipinski definition) is 2. The zero-order valence-electron chi connectivity index (χ0n) is 16.2. The molecule has 0 aliphatic carbocycles. The molecule has 0 radical (unpaired) electrons. The number of sulfonamides is 1.